The zero-order chi connectivity index (χ0) is 5.58. The molecule has 1 nitrogen and oxygen atoms in total. The Kier molecular flexibility index (Phi) is 15.0. The fourth-order valence-corrected chi connectivity index (χ4v) is 0. The van der Waals surface area contributed by atoms with E-state index in [0.29, 0.717) is 16.2 Å². The maximum absolute atomic E-state index is 9.81. The summed E-state index contributed by atoms with van der Waals surface area (Å²) in [5.41, 5.74) is 0. The zero-order valence-corrected chi connectivity index (χ0v) is 5.40. The molecule has 0 aromatic rings. The summed E-state index contributed by atoms with van der Waals surface area (Å²) in [6, 6.07) is 0. The van der Waals surface area contributed by atoms with Crippen LogP contribution in [0.25, 0.3) is 0 Å². The van der Waals surface area contributed by atoms with Crippen LogP contribution in [-0.4, -0.2) is 31.8 Å². The van der Waals surface area contributed by atoms with Gasteiger partial charge < -0.3 is 10.6 Å². The predicted octanol–water partition coefficient (Wildman–Crippen LogP) is 0.112. The molecule has 0 heterocycles. The van der Waals surface area contributed by atoms with Crippen molar-refractivity contribution < 1.29 is 14.4 Å². The van der Waals surface area contributed by atoms with Crippen LogP contribution in [0.4, 0.5) is 10.6 Å². The third kappa shape index (κ3) is 145. The third-order valence-corrected chi connectivity index (χ3v) is 0. The Bertz CT molecular complexity index is 20.0. The fraction of sp³-hybridized carbons (Fsp3) is 0. The van der Waals surface area contributed by atoms with Crippen molar-refractivity contribution in [3.63, 3.8) is 0 Å². The van der Waals surface area contributed by atoms with Gasteiger partial charge >= 0.3 is 35.6 Å². The molecule has 0 radical (unpaired) electrons. The first kappa shape index (κ1) is 9.82. The molecule has 0 aromatic heterocycles. The second-order valence-electron chi connectivity index (χ2n) is 0.247. The zero-order valence-electron chi connectivity index (χ0n) is 2.83. The Hall–Kier alpha value is 0.655. The van der Waals surface area contributed by atoms with Crippen LogP contribution in [0.3, 0.4) is 0 Å². The molecule has 0 aromatic carbocycles. The molecule has 0 fully saturated rings. The van der Waals surface area contributed by atoms with Crippen molar-refractivity contribution in [2.24, 2.45) is 0 Å². The van der Waals surface area contributed by atoms with Crippen molar-refractivity contribution in [2.75, 3.05) is 0 Å². The van der Waals surface area contributed by atoms with E-state index in [-0.39, 0.29) is 0 Å². The van der Waals surface area contributed by atoms with E-state index >= 15 is 0 Å². The van der Waals surface area contributed by atoms with Gasteiger partial charge in [0.2, 0.25) is 0 Å². The van der Waals surface area contributed by atoms with E-state index in [0.717, 1.165) is 0 Å². The van der Waals surface area contributed by atoms with Gasteiger partial charge in [-0.15, -0.1) is 0 Å². The molecular weight excluding hydrogens is 127 g/mol. The van der Waals surface area contributed by atoms with Crippen molar-refractivity contribution in [2.45, 2.75) is 0 Å². The molecule has 0 atom stereocenters. The van der Waals surface area contributed by atoms with Crippen molar-refractivity contribution in [1.82, 2.24) is 0 Å². The summed E-state index contributed by atoms with van der Waals surface area (Å²) in [5, 5.41) is 0. The van der Waals surface area contributed by atoms with Gasteiger partial charge in [0.15, 0.2) is 0 Å². The number of hydrogen-bond donors (Lipinski definition) is 0. The number of halogens is 3. The minimum atomic E-state index is -4.64. The van der Waals surface area contributed by atoms with E-state index in [9.17, 15) is 10.6 Å². The first-order valence-electron chi connectivity index (χ1n) is 0.943. The molecule has 34 valence electrons. The average molecular weight is 128 g/mol. The van der Waals surface area contributed by atoms with Gasteiger partial charge in [-0.1, -0.05) is 0 Å². The fourth-order valence-electron chi connectivity index (χ4n) is 0. The standard InChI is InChI=1S/2Al.3FH.O.H/h;;3*1H;;/q;+3;;;;;/p-3. The van der Waals surface area contributed by atoms with Crippen LogP contribution >= 0.6 is 0 Å². The predicted molar refractivity (Wildman–Crippen MR) is 16.9 cm³/mol. The van der Waals surface area contributed by atoms with Crippen LogP contribution < -0.4 is 0 Å². The van der Waals surface area contributed by atoms with E-state index in [2.05, 4.69) is 0 Å². The van der Waals surface area contributed by atoms with Crippen molar-refractivity contribution >= 4 is 31.8 Å². The Morgan fingerprint density at radius 2 is 1.17 bits per heavy atom. The van der Waals surface area contributed by atoms with E-state index < -0.39 is 15.5 Å². The second kappa shape index (κ2) is 9.17. The topological polar surface area (TPSA) is 17.1 Å². The van der Waals surface area contributed by atoms with Crippen LogP contribution in [0.2, 0.25) is 0 Å². The van der Waals surface area contributed by atoms with Gasteiger partial charge in [-0.05, 0) is 0 Å². The molecule has 6 heavy (non-hydrogen) atoms. The minimum absolute atomic E-state index is 0.611. The van der Waals surface area contributed by atoms with E-state index in [1.807, 2.05) is 0 Å². The van der Waals surface area contributed by atoms with Crippen LogP contribution in [-0.2, 0) is 3.80 Å². The summed E-state index contributed by atoms with van der Waals surface area (Å²) in [4.78, 5) is 0. The molecule has 0 aliphatic carbocycles. The Labute approximate surface area is 46.6 Å². The van der Waals surface area contributed by atoms with Crippen molar-refractivity contribution in [3.8, 4) is 0 Å². The summed E-state index contributed by atoms with van der Waals surface area (Å²) >= 11 is -4.03. The van der Waals surface area contributed by atoms with Crippen LogP contribution in [0.5, 0.6) is 0 Å². The maximum atomic E-state index is 9.81. The van der Waals surface area contributed by atoms with E-state index in [1.54, 1.807) is 0 Å². The molecule has 0 amide bonds. The first-order valence-corrected chi connectivity index (χ1v) is 2.83. The number of rotatable bonds is 0. The molecule has 0 spiro atoms. The van der Waals surface area contributed by atoms with Gasteiger partial charge in [0.05, 0.1) is 0 Å². The summed E-state index contributed by atoms with van der Waals surface area (Å²) < 4.78 is 37.7. The van der Waals surface area contributed by atoms with Gasteiger partial charge in [-0.25, -0.2) is 0 Å². The molecule has 0 aliphatic heterocycles. The number of hydrogen-bond acceptors (Lipinski definition) is 1. The van der Waals surface area contributed by atoms with Crippen LogP contribution in [0.1, 0.15) is 0 Å². The molecule has 0 saturated carbocycles. The van der Waals surface area contributed by atoms with E-state index in [4.69, 9.17) is 3.80 Å². The van der Waals surface area contributed by atoms with Crippen LogP contribution in [0.15, 0.2) is 0 Å². The summed E-state index contributed by atoms with van der Waals surface area (Å²) in [6.07, 6.45) is 0. The Morgan fingerprint density at radius 3 is 1.17 bits per heavy atom. The van der Waals surface area contributed by atoms with Crippen molar-refractivity contribution in [1.29, 1.82) is 0 Å². The quantitative estimate of drug-likeness (QED) is 0.423. The molecule has 6 heteroatoms. The third-order valence-electron chi connectivity index (χ3n) is 0. The monoisotopic (exact) mass is 128 g/mol. The average Bonchev–Trinajstić information content (AvgIpc) is 1.41. The molecular formula is HAl2F3O. The Balaban J connectivity index is 0. The van der Waals surface area contributed by atoms with Gasteiger partial charge in [0.1, 0.15) is 0 Å². The molecule has 0 aliphatic rings. The normalized spacial score (nSPS) is 5.00. The Morgan fingerprint density at radius 1 is 1.17 bits per heavy atom. The van der Waals surface area contributed by atoms with Gasteiger partial charge in [0.25, 0.3) is 0 Å². The van der Waals surface area contributed by atoms with Crippen molar-refractivity contribution in [3.05, 3.63) is 0 Å². The molecule has 0 bridgehead atoms. The molecule has 0 N–H and O–H groups in total. The van der Waals surface area contributed by atoms with Gasteiger partial charge in [-0.2, -0.15) is 0 Å². The molecule has 0 unspecified atom stereocenters. The van der Waals surface area contributed by atoms with E-state index in [1.165, 1.54) is 0 Å². The molecule has 0 rings (SSSR count). The van der Waals surface area contributed by atoms with Gasteiger partial charge in [0, 0.05) is 0 Å². The first-order chi connectivity index (χ1) is 2.73. The van der Waals surface area contributed by atoms with Crippen LogP contribution in [0, 0.1) is 0 Å². The molecule has 0 saturated heterocycles. The summed E-state index contributed by atoms with van der Waals surface area (Å²) in [5.74, 6) is 0. The summed E-state index contributed by atoms with van der Waals surface area (Å²) in [6.45, 7) is 0. The second-order valence-corrected chi connectivity index (χ2v) is 0.742. The van der Waals surface area contributed by atoms with Gasteiger partial charge in [-0.3, -0.25) is 0 Å². The summed E-state index contributed by atoms with van der Waals surface area (Å²) in [7, 11) is 0. The SMILES string of the molecule is [F][Al]([F])[F].[O]=[AlH].